The molecule has 2 aromatic carbocycles. The van der Waals surface area contributed by atoms with E-state index in [0.717, 1.165) is 22.8 Å². The van der Waals surface area contributed by atoms with E-state index in [2.05, 4.69) is 5.32 Å². The van der Waals surface area contributed by atoms with Gasteiger partial charge in [0.05, 0.1) is 22.1 Å². The first kappa shape index (κ1) is 19.4. The van der Waals surface area contributed by atoms with E-state index < -0.39 is 23.4 Å². The number of nitro groups is 1. The summed E-state index contributed by atoms with van der Waals surface area (Å²) >= 11 is 5.89. The van der Waals surface area contributed by atoms with Crippen LogP contribution in [0.3, 0.4) is 0 Å². The highest BCUT2D eigenvalue weighted by atomic mass is 35.5. The van der Waals surface area contributed by atoms with E-state index in [1.54, 1.807) is 0 Å². The van der Waals surface area contributed by atoms with Crippen molar-refractivity contribution in [1.29, 1.82) is 0 Å². The van der Waals surface area contributed by atoms with Gasteiger partial charge in [0.25, 0.3) is 11.6 Å². The second-order valence-electron chi connectivity index (χ2n) is 5.73. The van der Waals surface area contributed by atoms with E-state index in [1.165, 1.54) is 12.1 Å². The predicted octanol–water partition coefficient (Wildman–Crippen LogP) is 3.59. The van der Waals surface area contributed by atoms with Crippen LogP contribution in [-0.4, -0.2) is 23.4 Å². The number of carbonyl (C=O) groups excluding carboxylic acids is 2. The van der Waals surface area contributed by atoms with Crippen LogP contribution in [0.5, 0.6) is 0 Å². The number of esters is 1. The summed E-state index contributed by atoms with van der Waals surface area (Å²) in [5.74, 6) is -1.12. The van der Waals surface area contributed by atoms with Gasteiger partial charge in [0.2, 0.25) is 0 Å². The van der Waals surface area contributed by atoms with Crippen molar-refractivity contribution in [3.8, 4) is 0 Å². The lowest BCUT2D eigenvalue weighted by Gasteiger charge is -2.09. The molecule has 7 nitrogen and oxygen atoms in total. The van der Waals surface area contributed by atoms with Crippen molar-refractivity contribution in [1.82, 2.24) is 0 Å². The Hall–Kier alpha value is -2.93. The molecule has 8 heteroatoms. The van der Waals surface area contributed by atoms with Crippen LogP contribution < -0.4 is 5.32 Å². The first-order valence-electron chi connectivity index (χ1n) is 7.72. The van der Waals surface area contributed by atoms with Gasteiger partial charge >= 0.3 is 5.97 Å². The third-order valence-electron chi connectivity index (χ3n) is 3.72. The average molecular weight is 377 g/mol. The molecule has 0 saturated carbocycles. The van der Waals surface area contributed by atoms with Gasteiger partial charge in [-0.3, -0.25) is 19.7 Å². The molecule has 0 aliphatic heterocycles. The normalized spacial score (nSPS) is 10.3. The Morgan fingerprint density at radius 2 is 1.88 bits per heavy atom. The second-order valence-corrected chi connectivity index (χ2v) is 6.13. The smallest absolute Gasteiger partial charge is 0.310 e. The van der Waals surface area contributed by atoms with Crippen LogP contribution in [0.2, 0.25) is 5.02 Å². The van der Waals surface area contributed by atoms with Crippen LogP contribution >= 0.6 is 11.6 Å². The van der Waals surface area contributed by atoms with Crippen molar-refractivity contribution >= 4 is 34.9 Å². The fourth-order valence-electron chi connectivity index (χ4n) is 2.18. The number of anilines is 1. The van der Waals surface area contributed by atoms with Gasteiger partial charge in [-0.05, 0) is 36.6 Å². The number of rotatable bonds is 6. The molecule has 0 aliphatic rings. The minimum atomic E-state index is -0.591. The fraction of sp³-hybridized carbons (Fsp3) is 0.222. The number of hydrogen-bond donors (Lipinski definition) is 1. The van der Waals surface area contributed by atoms with E-state index in [4.69, 9.17) is 16.3 Å². The lowest BCUT2D eigenvalue weighted by atomic mass is 10.0. The molecule has 0 aromatic heterocycles. The number of nitrogens with one attached hydrogen (secondary N) is 1. The van der Waals surface area contributed by atoms with Crippen LogP contribution in [0.25, 0.3) is 0 Å². The number of hydrogen-bond acceptors (Lipinski definition) is 5. The Balaban J connectivity index is 1.87. The van der Waals surface area contributed by atoms with E-state index in [-0.39, 0.29) is 22.8 Å². The SMILES string of the molecule is Cc1ccc(CC(=O)OCC(=O)Nc2ccc([N+](=O)[O-])cc2Cl)cc1C. The highest BCUT2D eigenvalue weighted by Gasteiger charge is 2.13. The van der Waals surface area contributed by atoms with Crippen LogP contribution in [-0.2, 0) is 20.7 Å². The average Bonchev–Trinajstić information content (AvgIpc) is 2.58. The van der Waals surface area contributed by atoms with Gasteiger partial charge in [0, 0.05) is 12.1 Å². The third-order valence-corrected chi connectivity index (χ3v) is 4.03. The molecule has 0 heterocycles. The molecule has 0 bridgehead atoms. The van der Waals surface area contributed by atoms with Crippen molar-refractivity contribution in [3.63, 3.8) is 0 Å². The number of benzene rings is 2. The molecular weight excluding hydrogens is 360 g/mol. The molecule has 1 amide bonds. The Labute approximate surface area is 155 Å². The molecule has 26 heavy (non-hydrogen) atoms. The van der Waals surface area contributed by atoms with Crippen LogP contribution in [0.4, 0.5) is 11.4 Å². The number of ether oxygens (including phenoxy) is 1. The Bertz CT molecular complexity index is 867. The standard InChI is InChI=1S/C18H17ClN2O5/c1-11-3-4-13(7-12(11)2)8-18(23)26-10-17(22)20-16-6-5-14(21(24)25)9-15(16)19/h3-7,9H,8,10H2,1-2H3,(H,20,22). The lowest BCUT2D eigenvalue weighted by molar-refractivity contribution is -0.384. The highest BCUT2D eigenvalue weighted by Crippen LogP contribution is 2.26. The molecule has 0 radical (unpaired) electrons. The number of carbonyl (C=O) groups is 2. The number of aryl methyl sites for hydroxylation is 2. The molecular formula is C18H17ClN2O5. The summed E-state index contributed by atoms with van der Waals surface area (Å²) in [5, 5.41) is 13.1. The largest absolute Gasteiger partial charge is 0.455 e. The summed E-state index contributed by atoms with van der Waals surface area (Å²) in [5.41, 5.74) is 3.01. The number of nitrogens with zero attached hydrogens (tertiary/aromatic N) is 1. The first-order chi connectivity index (χ1) is 12.3. The molecule has 2 aromatic rings. The van der Waals surface area contributed by atoms with Gasteiger partial charge < -0.3 is 10.1 Å². The molecule has 1 N–H and O–H groups in total. The summed E-state index contributed by atoms with van der Waals surface area (Å²) in [6.45, 7) is 3.45. The summed E-state index contributed by atoms with van der Waals surface area (Å²) in [6, 6.07) is 9.31. The number of amides is 1. The number of nitro benzene ring substituents is 1. The zero-order valence-corrected chi connectivity index (χ0v) is 15.0. The Kier molecular flexibility index (Phi) is 6.30. The zero-order valence-electron chi connectivity index (χ0n) is 14.2. The maximum Gasteiger partial charge on any atom is 0.310 e. The quantitative estimate of drug-likeness (QED) is 0.472. The van der Waals surface area contributed by atoms with E-state index in [1.807, 2.05) is 32.0 Å². The predicted molar refractivity (Wildman–Crippen MR) is 97.3 cm³/mol. The monoisotopic (exact) mass is 376 g/mol. The Morgan fingerprint density at radius 1 is 1.15 bits per heavy atom. The number of non-ortho nitro benzene ring substituents is 1. The summed E-state index contributed by atoms with van der Waals surface area (Å²) in [4.78, 5) is 33.8. The van der Waals surface area contributed by atoms with Crippen molar-refractivity contribution < 1.29 is 19.2 Å². The van der Waals surface area contributed by atoms with Crippen molar-refractivity contribution in [3.05, 3.63) is 68.2 Å². The molecule has 0 atom stereocenters. The van der Waals surface area contributed by atoms with E-state index in [0.29, 0.717) is 0 Å². The second kappa shape index (κ2) is 8.44. The summed E-state index contributed by atoms with van der Waals surface area (Å²) in [7, 11) is 0. The van der Waals surface area contributed by atoms with Gasteiger partial charge in [-0.15, -0.1) is 0 Å². The minimum Gasteiger partial charge on any atom is -0.455 e. The molecule has 136 valence electrons. The van der Waals surface area contributed by atoms with Crippen LogP contribution in [0.15, 0.2) is 36.4 Å². The zero-order chi connectivity index (χ0) is 19.3. The highest BCUT2D eigenvalue weighted by molar-refractivity contribution is 6.34. The van der Waals surface area contributed by atoms with Crippen molar-refractivity contribution in [2.75, 3.05) is 11.9 Å². The lowest BCUT2D eigenvalue weighted by Crippen LogP contribution is -2.21. The number of halogens is 1. The molecule has 0 aliphatic carbocycles. The molecule has 0 unspecified atom stereocenters. The summed E-state index contributed by atoms with van der Waals surface area (Å²) in [6.07, 6.45) is 0.0622. The van der Waals surface area contributed by atoms with Crippen molar-refractivity contribution in [2.45, 2.75) is 20.3 Å². The fourth-order valence-corrected chi connectivity index (χ4v) is 2.40. The van der Waals surface area contributed by atoms with Gasteiger partial charge in [0.15, 0.2) is 6.61 Å². The van der Waals surface area contributed by atoms with E-state index in [9.17, 15) is 19.7 Å². The van der Waals surface area contributed by atoms with Gasteiger partial charge in [-0.1, -0.05) is 29.8 Å². The maximum atomic E-state index is 11.9. The molecule has 0 spiro atoms. The molecule has 2 rings (SSSR count). The van der Waals surface area contributed by atoms with Crippen LogP contribution in [0, 0.1) is 24.0 Å². The van der Waals surface area contributed by atoms with Crippen molar-refractivity contribution in [2.24, 2.45) is 0 Å². The first-order valence-corrected chi connectivity index (χ1v) is 8.09. The maximum absolute atomic E-state index is 11.9. The third kappa shape index (κ3) is 5.29. The van der Waals surface area contributed by atoms with Gasteiger partial charge in [0.1, 0.15) is 0 Å². The van der Waals surface area contributed by atoms with Crippen LogP contribution in [0.1, 0.15) is 16.7 Å². The molecule has 0 saturated heterocycles. The molecule has 0 fully saturated rings. The van der Waals surface area contributed by atoms with Gasteiger partial charge in [-0.2, -0.15) is 0 Å². The topological polar surface area (TPSA) is 98.5 Å². The van der Waals surface area contributed by atoms with E-state index >= 15 is 0 Å². The van der Waals surface area contributed by atoms with Gasteiger partial charge in [-0.25, -0.2) is 0 Å². The minimum absolute atomic E-state index is 0.0222. The Morgan fingerprint density at radius 3 is 2.50 bits per heavy atom. The summed E-state index contributed by atoms with van der Waals surface area (Å²) < 4.78 is 4.95.